The summed E-state index contributed by atoms with van der Waals surface area (Å²) in [6, 6.07) is 5.48. The molecule has 0 radical (unpaired) electrons. The normalized spacial score (nSPS) is 9.19. The van der Waals surface area contributed by atoms with Crippen LogP contribution in [0.15, 0.2) is 29.8 Å². The summed E-state index contributed by atoms with van der Waals surface area (Å²) in [6.07, 6.45) is -0.434. The van der Waals surface area contributed by atoms with Crippen molar-refractivity contribution < 1.29 is 24.0 Å². The highest BCUT2D eigenvalue weighted by molar-refractivity contribution is 6.02. The van der Waals surface area contributed by atoms with Gasteiger partial charge in [0.25, 0.3) is 5.69 Å². The zero-order chi connectivity index (χ0) is 15.8. The average Bonchev–Trinajstić information content (AvgIpc) is 2.48. The number of nitrogens with zero attached hydrogens (tertiary/aromatic N) is 1. The van der Waals surface area contributed by atoms with Gasteiger partial charge in [0, 0.05) is 12.5 Å². The summed E-state index contributed by atoms with van der Waals surface area (Å²) in [5.41, 5.74) is -0.929. The lowest BCUT2D eigenvalue weighted by Crippen LogP contribution is -2.09. The van der Waals surface area contributed by atoms with Gasteiger partial charge in [0.2, 0.25) is 0 Å². The molecule has 0 fully saturated rings. The first-order valence-corrected chi connectivity index (χ1v) is 5.94. The van der Waals surface area contributed by atoms with E-state index < -0.39 is 22.9 Å². The summed E-state index contributed by atoms with van der Waals surface area (Å²) >= 11 is 0. The maximum atomic E-state index is 11.5. The number of hydrogen-bond acceptors (Lipinski definition) is 6. The molecule has 1 aromatic carbocycles. The first kappa shape index (κ1) is 16.0. The van der Waals surface area contributed by atoms with Gasteiger partial charge in [-0.2, -0.15) is 0 Å². The number of nitro benzene ring substituents is 1. The van der Waals surface area contributed by atoms with Crippen LogP contribution in [-0.2, 0) is 19.1 Å². The number of para-hydroxylation sites is 1. The standard InChI is InChI=1S/C14H11NO6/c1-2-21-14(18)11(9-17)7-10(8-16)12-5-3-4-6-13(12)15(19)20/h3-6H,2,7H2,1H3. The third-order valence-electron chi connectivity index (χ3n) is 2.55. The molecule has 7 heteroatoms. The predicted molar refractivity (Wildman–Crippen MR) is 72.7 cm³/mol. The van der Waals surface area contributed by atoms with Crippen LogP contribution in [0.2, 0.25) is 0 Å². The van der Waals surface area contributed by atoms with E-state index in [9.17, 15) is 24.5 Å². The maximum absolute atomic E-state index is 11.5. The second-order valence-corrected chi connectivity index (χ2v) is 3.83. The third-order valence-corrected chi connectivity index (χ3v) is 2.55. The Kier molecular flexibility index (Phi) is 5.77. The molecule has 0 bridgehead atoms. The minimum Gasteiger partial charge on any atom is -0.462 e. The van der Waals surface area contributed by atoms with Gasteiger partial charge < -0.3 is 4.74 Å². The molecule has 7 nitrogen and oxygen atoms in total. The summed E-state index contributed by atoms with van der Waals surface area (Å²) in [7, 11) is 0. The van der Waals surface area contributed by atoms with Crippen LogP contribution in [0.3, 0.4) is 0 Å². The van der Waals surface area contributed by atoms with Crippen LogP contribution in [0.1, 0.15) is 18.9 Å². The molecule has 0 aromatic heterocycles. The molecule has 1 aromatic rings. The molecular formula is C14H11NO6. The molecule has 0 aliphatic carbocycles. The number of rotatable bonds is 6. The molecule has 0 atom stereocenters. The molecule has 0 aliphatic heterocycles. The lowest BCUT2D eigenvalue weighted by atomic mass is 9.99. The summed E-state index contributed by atoms with van der Waals surface area (Å²) in [5.74, 6) is 2.00. The van der Waals surface area contributed by atoms with Crippen molar-refractivity contribution in [2.45, 2.75) is 13.3 Å². The predicted octanol–water partition coefficient (Wildman–Crippen LogP) is 1.52. The molecule has 0 saturated carbocycles. The van der Waals surface area contributed by atoms with Crippen molar-refractivity contribution in [3.63, 3.8) is 0 Å². The summed E-state index contributed by atoms with van der Waals surface area (Å²) < 4.78 is 4.64. The third kappa shape index (κ3) is 3.98. The number of esters is 1. The second-order valence-electron chi connectivity index (χ2n) is 3.83. The largest absolute Gasteiger partial charge is 0.462 e. The van der Waals surface area contributed by atoms with Crippen molar-refractivity contribution in [1.82, 2.24) is 0 Å². The Morgan fingerprint density at radius 1 is 1.29 bits per heavy atom. The number of carbonyl (C=O) groups excluding carboxylic acids is 3. The highest BCUT2D eigenvalue weighted by Gasteiger charge is 2.21. The number of nitro groups is 1. The number of carbonyl (C=O) groups is 1. The molecule has 0 unspecified atom stereocenters. The average molecular weight is 289 g/mol. The van der Waals surface area contributed by atoms with Crippen LogP contribution in [0.5, 0.6) is 0 Å². The van der Waals surface area contributed by atoms with Crippen LogP contribution in [-0.4, -0.2) is 29.4 Å². The number of ether oxygens (including phenoxy) is 1. The molecule has 0 saturated heterocycles. The number of benzene rings is 1. The van der Waals surface area contributed by atoms with Crippen LogP contribution >= 0.6 is 0 Å². The van der Waals surface area contributed by atoms with E-state index in [2.05, 4.69) is 4.74 Å². The van der Waals surface area contributed by atoms with Crippen LogP contribution in [0, 0.1) is 10.1 Å². The van der Waals surface area contributed by atoms with Gasteiger partial charge >= 0.3 is 5.97 Å². The van der Waals surface area contributed by atoms with Gasteiger partial charge in [0.05, 0.1) is 22.7 Å². The first-order valence-electron chi connectivity index (χ1n) is 5.94. The highest BCUT2D eigenvalue weighted by atomic mass is 16.6. The number of hydrogen-bond donors (Lipinski definition) is 0. The van der Waals surface area contributed by atoms with Crippen LogP contribution in [0.25, 0.3) is 5.57 Å². The van der Waals surface area contributed by atoms with E-state index in [1.165, 1.54) is 36.1 Å². The number of allylic oxidation sites excluding steroid dienone is 1. The van der Waals surface area contributed by atoms with Crippen molar-refractivity contribution in [2.75, 3.05) is 6.61 Å². The highest BCUT2D eigenvalue weighted by Crippen LogP contribution is 2.28. The van der Waals surface area contributed by atoms with E-state index >= 15 is 0 Å². The van der Waals surface area contributed by atoms with Gasteiger partial charge in [-0.25, -0.2) is 14.4 Å². The minimum absolute atomic E-state index is 0.00505. The Hall–Kier alpha value is -3.01. The Balaban J connectivity index is 3.17. The van der Waals surface area contributed by atoms with Crippen molar-refractivity contribution in [3.8, 4) is 0 Å². The minimum atomic E-state index is -0.918. The summed E-state index contributed by atoms with van der Waals surface area (Å²) in [5, 5.41) is 10.9. The first-order chi connectivity index (χ1) is 10.0. The molecule has 0 N–H and O–H groups in total. The molecule has 0 heterocycles. The molecule has 1 rings (SSSR count). The lowest BCUT2D eigenvalue weighted by Gasteiger charge is -2.05. The van der Waals surface area contributed by atoms with Gasteiger partial charge in [0.1, 0.15) is 17.5 Å². The van der Waals surface area contributed by atoms with Crippen molar-refractivity contribution >= 4 is 29.1 Å². The topological polar surface area (TPSA) is 104 Å². The van der Waals surface area contributed by atoms with Gasteiger partial charge in [0.15, 0.2) is 0 Å². The van der Waals surface area contributed by atoms with Crippen LogP contribution in [0.4, 0.5) is 5.69 Å². The summed E-state index contributed by atoms with van der Waals surface area (Å²) in [4.78, 5) is 43.5. The molecule has 0 spiro atoms. The van der Waals surface area contributed by atoms with Gasteiger partial charge in [-0.1, -0.05) is 12.1 Å². The summed E-state index contributed by atoms with van der Waals surface area (Å²) in [6.45, 7) is 1.61. The fourth-order valence-electron chi connectivity index (χ4n) is 1.62. The zero-order valence-corrected chi connectivity index (χ0v) is 11.1. The van der Waals surface area contributed by atoms with Crippen molar-refractivity contribution in [3.05, 3.63) is 45.5 Å². The van der Waals surface area contributed by atoms with Gasteiger partial charge in [-0.05, 0) is 13.0 Å². The Labute approximate surface area is 119 Å². The second kappa shape index (κ2) is 7.55. The smallest absolute Gasteiger partial charge is 0.345 e. The molecular weight excluding hydrogens is 278 g/mol. The van der Waals surface area contributed by atoms with E-state index in [0.717, 1.165) is 0 Å². The zero-order valence-electron chi connectivity index (χ0n) is 11.1. The SMILES string of the molecule is CCOC(=O)C(=C=O)CC(=C=O)c1ccccc1[N+](=O)[O-]. The van der Waals surface area contributed by atoms with E-state index in [1.54, 1.807) is 6.92 Å². The Morgan fingerprint density at radius 2 is 1.95 bits per heavy atom. The molecule has 0 aliphatic rings. The van der Waals surface area contributed by atoms with Crippen LogP contribution < -0.4 is 0 Å². The van der Waals surface area contributed by atoms with Crippen molar-refractivity contribution in [1.29, 1.82) is 0 Å². The van der Waals surface area contributed by atoms with Gasteiger partial charge in [-0.3, -0.25) is 10.1 Å². The van der Waals surface area contributed by atoms with Crippen molar-refractivity contribution in [2.24, 2.45) is 0 Å². The van der Waals surface area contributed by atoms with E-state index in [-0.39, 0.29) is 23.4 Å². The lowest BCUT2D eigenvalue weighted by molar-refractivity contribution is -0.385. The van der Waals surface area contributed by atoms with E-state index in [1.807, 2.05) is 0 Å². The Bertz CT molecular complexity index is 666. The Morgan fingerprint density at radius 3 is 2.48 bits per heavy atom. The van der Waals surface area contributed by atoms with E-state index in [4.69, 9.17) is 0 Å². The fraction of sp³-hybridized carbons (Fsp3) is 0.214. The van der Waals surface area contributed by atoms with Gasteiger partial charge in [-0.15, -0.1) is 0 Å². The fourth-order valence-corrected chi connectivity index (χ4v) is 1.62. The molecule has 108 valence electrons. The monoisotopic (exact) mass is 289 g/mol. The quantitative estimate of drug-likeness (QED) is 0.258. The maximum Gasteiger partial charge on any atom is 0.345 e. The molecule has 21 heavy (non-hydrogen) atoms. The van der Waals surface area contributed by atoms with E-state index in [0.29, 0.717) is 0 Å². The molecule has 0 amide bonds.